The predicted molar refractivity (Wildman–Crippen MR) is 112 cm³/mol. The Kier molecular flexibility index (Phi) is 5.79. The molecule has 0 atom stereocenters. The monoisotopic (exact) mass is 387 g/mol. The number of nitrogens with zero attached hydrogens (tertiary/aromatic N) is 2. The van der Waals surface area contributed by atoms with Crippen LogP contribution in [0.5, 0.6) is 0 Å². The van der Waals surface area contributed by atoms with Crippen LogP contribution in [0, 0.1) is 11.3 Å². The Bertz CT molecular complexity index is 1130. The molecule has 29 heavy (non-hydrogen) atoms. The van der Waals surface area contributed by atoms with Crippen molar-refractivity contribution in [2.45, 2.75) is 13.3 Å². The van der Waals surface area contributed by atoms with Crippen molar-refractivity contribution in [2.75, 3.05) is 19.4 Å². The maximum absolute atomic E-state index is 12.6. The molecule has 0 radical (unpaired) electrons. The zero-order chi connectivity index (χ0) is 21.0. The van der Waals surface area contributed by atoms with Gasteiger partial charge in [-0.3, -0.25) is 9.59 Å². The molecular weight excluding hydrogens is 366 g/mol. The Balaban J connectivity index is 1.87. The number of rotatable bonds is 5. The van der Waals surface area contributed by atoms with E-state index in [0.29, 0.717) is 17.7 Å². The number of para-hydroxylation sites is 1. The van der Waals surface area contributed by atoms with Gasteiger partial charge in [-0.25, -0.2) is 0 Å². The molecule has 0 fully saturated rings. The van der Waals surface area contributed by atoms with Crippen molar-refractivity contribution in [1.82, 2.24) is 4.90 Å². The van der Waals surface area contributed by atoms with E-state index >= 15 is 0 Å². The Hall–Kier alpha value is -3.85. The molecule has 0 bridgehead atoms. The zero-order valence-corrected chi connectivity index (χ0v) is 16.5. The fourth-order valence-electron chi connectivity index (χ4n) is 2.98. The number of aryl methyl sites for hydroxylation is 1. The van der Waals surface area contributed by atoms with Crippen LogP contribution in [0.4, 0.5) is 5.69 Å². The molecule has 1 aromatic heterocycles. The van der Waals surface area contributed by atoms with Gasteiger partial charge in [0.05, 0.1) is 0 Å². The maximum atomic E-state index is 12.6. The van der Waals surface area contributed by atoms with Crippen molar-refractivity contribution in [3.8, 4) is 6.07 Å². The molecular formula is C23H21N3O3. The number of nitrogens with one attached hydrogen (secondary N) is 1. The van der Waals surface area contributed by atoms with E-state index in [1.165, 1.54) is 4.90 Å². The summed E-state index contributed by atoms with van der Waals surface area (Å²) in [7, 11) is 3.35. The summed E-state index contributed by atoms with van der Waals surface area (Å²) in [6.45, 7) is 1.96. The Morgan fingerprint density at radius 2 is 1.83 bits per heavy atom. The summed E-state index contributed by atoms with van der Waals surface area (Å²) in [6.07, 6.45) is 2.20. The summed E-state index contributed by atoms with van der Waals surface area (Å²) in [5.74, 6) is 0.0734. The van der Waals surface area contributed by atoms with Crippen molar-refractivity contribution in [3.05, 3.63) is 71.0 Å². The van der Waals surface area contributed by atoms with Crippen LogP contribution in [-0.4, -0.2) is 30.8 Å². The van der Waals surface area contributed by atoms with Crippen LogP contribution in [0.1, 0.15) is 28.6 Å². The first kappa shape index (κ1) is 19.9. The SMILES string of the molecule is CCc1oc2ccccc2c1/C=C(\C#N)C(=O)Nc1ccc(C(=O)N(C)C)cc1. The van der Waals surface area contributed by atoms with Gasteiger partial charge in [0.2, 0.25) is 0 Å². The smallest absolute Gasteiger partial charge is 0.266 e. The van der Waals surface area contributed by atoms with Gasteiger partial charge in [0.25, 0.3) is 11.8 Å². The summed E-state index contributed by atoms with van der Waals surface area (Å²) in [4.78, 5) is 26.1. The minimum Gasteiger partial charge on any atom is -0.460 e. The lowest BCUT2D eigenvalue weighted by Gasteiger charge is -2.11. The van der Waals surface area contributed by atoms with Gasteiger partial charge < -0.3 is 14.6 Å². The fourth-order valence-corrected chi connectivity index (χ4v) is 2.98. The van der Waals surface area contributed by atoms with Crippen molar-refractivity contribution in [3.63, 3.8) is 0 Å². The molecule has 2 amide bonds. The molecule has 3 aromatic rings. The van der Waals surface area contributed by atoms with E-state index in [9.17, 15) is 14.9 Å². The highest BCUT2D eigenvalue weighted by Crippen LogP contribution is 2.28. The molecule has 1 heterocycles. The second kappa shape index (κ2) is 8.44. The molecule has 0 aliphatic carbocycles. The first-order valence-electron chi connectivity index (χ1n) is 9.19. The lowest BCUT2D eigenvalue weighted by atomic mass is 10.1. The van der Waals surface area contributed by atoms with Gasteiger partial charge in [-0.2, -0.15) is 5.26 Å². The Morgan fingerprint density at radius 1 is 1.14 bits per heavy atom. The molecule has 0 saturated carbocycles. The van der Waals surface area contributed by atoms with Gasteiger partial charge in [0.15, 0.2) is 0 Å². The first-order chi connectivity index (χ1) is 13.9. The molecule has 0 spiro atoms. The number of hydrogen-bond acceptors (Lipinski definition) is 4. The largest absolute Gasteiger partial charge is 0.460 e. The highest BCUT2D eigenvalue weighted by atomic mass is 16.3. The number of nitriles is 1. The number of hydrogen-bond donors (Lipinski definition) is 1. The van der Waals surface area contributed by atoms with Crippen LogP contribution in [0.3, 0.4) is 0 Å². The highest BCUT2D eigenvalue weighted by molar-refractivity contribution is 6.11. The maximum Gasteiger partial charge on any atom is 0.266 e. The normalized spacial score (nSPS) is 11.2. The molecule has 2 aromatic carbocycles. The average Bonchev–Trinajstić information content (AvgIpc) is 3.09. The van der Waals surface area contributed by atoms with E-state index in [1.54, 1.807) is 44.4 Å². The molecule has 6 nitrogen and oxygen atoms in total. The summed E-state index contributed by atoms with van der Waals surface area (Å²) in [6, 6.07) is 16.0. The summed E-state index contributed by atoms with van der Waals surface area (Å²) < 4.78 is 5.82. The van der Waals surface area contributed by atoms with Crippen molar-refractivity contribution in [1.29, 1.82) is 5.26 Å². The predicted octanol–water partition coefficient (Wildman–Crippen LogP) is 4.24. The van der Waals surface area contributed by atoms with E-state index in [2.05, 4.69) is 5.32 Å². The minimum atomic E-state index is -0.522. The third-order valence-electron chi connectivity index (χ3n) is 4.48. The summed E-state index contributed by atoms with van der Waals surface area (Å²) >= 11 is 0. The average molecular weight is 387 g/mol. The second-order valence-corrected chi connectivity index (χ2v) is 6.69. The van der Waals surface area contributed by atoms with E-state index in [-0.39, 0.29) is 11.5 Å². The van der Waals surface area contributed by atoms with Gasteiger partial charge in [0.1, 0.15) is 23.0 Å². The summed E-state index contributed by atoms with van der Waals surface area (Å²) in [5.41, 5.74) is 2.44. The first-order valence-corrected chi connectivity index (χ1v) is 9.19. The minimum absolute atomic E-state index is 0.0281. The van der Waals surface area contributed by atoms with Crippen LogP contribution < -0.4 is 5.32 Å². The molecule has 3 rings (SSSR count). The Morgan fingerprint density at radius 3 is 2.45 bits per heavy atom. The van der Waals surface area contributed by atoms with Crippen LogP contribution in [-0.2, 0) is 11.2 Å². The molecule has 146 valence electrons. The number of carbonyl (C=O) groups is 2. The van der Waals surface area contributed by atoms with Gasteiger partial charge >= 0.3 is 0 Å². The van der Waals surface area contributed by atoms with Gasteiger partial charge in [0, 0.05) is 42.7 Å². The van der Waals surface area contributed by atoms with E-state index in [1.807, 2.05) is 37.3 Å². The number of benzene rings is 2. The van der Waals surface area contributed by atoms with Crippen LogP contribution in [0.25, 0.3) is 17.0 Å². The number of amides is 2. The zero-order valence-electron chi connectivity index (χ0n) is 16.5. The van der Waals surface area contributed by atoms with E-state index < -0.39 is 5.91 Å². The number of fused-ring (bicyclic) bond motifs is 1. The lowest BCUT2D eigenvalue weighted by Crippen LogP contribution is -2.21. The molecule has 0 saturated heterocycles. The molecule has 6 heteroatoms. The number of furan rings is 1. The molecule has 0 aliphatic heterocycles. The van der Waals surface area contributed by atoms with Crippen LogP contribution >= 0.6 is 0 Å². The van der Waals surface area contributed by atoms with Gasteiger partial charge in [-0.1, -0.05) is 25.1 Å². The lowest BCUT2D eigenvalue weighted by molar-refractivity contribution is -0.112. The summed E-state index contributed by atoms with van der Waals surface area (Å²) in [5, 5.41) is 13.1. The quantitative estimate of drug-likeness (QED) is 0.524. The highest BCUT2D eigenvalue weighted by Gasteiger charge is 2.16. The van der Waals surface area contributed by atoms with Crippen molar-refractivity contribution < 1.29 is 14.0 Å². The van der Waals surface area contributed by atoms with Crippen molar-refractivity contribution >= 4 is 34.5 Å². The molecule has 1 N–H and O–H groups in total. The van der Waals surface area contributed by atoms with Gasteiger partial charge in [-0.15, -0.1) is 0 Å². The standard InChI is InChI=1S/C23H21N3O3/c1-4-20-19(18-7-5-6-8-21(18)29-20)13-16(14-24)22(27)25-17-11-9-15(10-12-17)23(28)26(2)3/h5-13H,4H2,1-3H3,(H,25,27)/b16-13+. The van der Waals surface area contributed by atoms with Gasteiger partial charge in [-0.05, 0) is 36.4 Å². The fraction of sp³-hybridized carbons (Fsp3) is 0.174. The van der Waals surface area contributed by atoms with Crippen LogP contribution in [0.2, 0.25) is 0 Å². The van der Waals surface area contributed by atoms with Crippen LogP contribution in [0.15, 0.2) is 58.5 Å². The third kappa shape index (κ3) is 4.19. The Labute approximate surface area is 169 Å². The number of anilines is 1. The molecule has 0 aliphatic rings. The third-order valence-corrected chi connectivity index (χ3v) is 4.48. The van der Waals surface area contributed by atoms with E-state index in [4.69, 9.17) is 4.42 Å². The number of carbonyl (C=O) groups excluding carboxylic acids is 2. The van der Waals surface area contributed by atoms with E-state index in [0.717, 1.165) is 22.3 Å². The molecule has 0 unspecified atom stereocenters. The second-order valence-electron chi connectivity index (χ2n) is 6.69. The topological polar surface area (TPSA) is 86.3 Å². The van der Waals surface area contributed by atoms with Crippen molar-refractivity contribution in [2.24, 2.45) is 0 Å².